The zero-order valence-electron chi connectivity index (χ0n) is 9.80. The Morgan fingerprint density at radius 3 is 2.50 bits per heavy atom. The highest BCUT2D eigenvalue weighted by atomic mass is 16.7. The predicted molar refractivity (Wildman–Crippen MR) is 62.6 cm³/mol. The summed E-state index contributed by atoms with van der Waals surface area (Å²) in [5, 5.41) is 12.7. The van der Waals surface area contributed by atoms with Gasteiger partial charge in [-0.3, -0.25) is 0 Å². The largest absolute Gasteiger partial charge is 0.494 e. The summed E-state index contributed by atoms with van der Waals surface area (Å²) in [6.45, 7) is 5.92. The number of hydrogen-bond acceptors (Lipinski definition) is 4. The Hall–Kier alpha value is -1.55. The monoisotopic (exact) mass is 223 g/mol. The van der Waals surface area contributed by atoms with Crippen molar-refractivity contribution in [1.82, 2.24) is 0 Å². The van der Waals surface area contributed by atoms with E-state index >= 15 is 0 Å². The molecule has 1 unspecified atom stereocenters. The van der Waals surface area contributed by atoms with Crippen LogP contribution in [0.5, 0.6) is 5.75 Å². The lowest BCUT2D eigenvalue weighted by Gasteiger charge is -2.06. The van der Waals surface area contributed by atoms with Crippen molar-refractivity contribution < 1.29 is 14.7 Å². The Morgan fingerprint density at radius 2 is 2.00 bits per heavy atom. The third kappa shape index (κ3) is 3.90. The van der Waals surface area contributed by atoms with E-state index in [1.54, 1.807) is 0 Å². The Kier molecular flexibility index (Phi) is 4.79. The number of aliphatic hydroxyl groups is 1. The van der Waals surface area contributed by atoms with Crippen molar-refractivity contribution in [2.24, 2.45) is 5.16 Å². The van der Waals surface area contributed by atoms with Crippen LogP contribution in [0.2, 0.25) is 0 Å². The number of oxime groups is 1. The van der Waals surface area contributed by atoms with E-state index in [-0.39, 0.29) is 0 Å². The number of aliphatic hydroxyl groups excluding tert-OH is 1. The zero-order valence-corrected chi connectivity index (χ0v) is 9.80. The minimum absolute atomic E-state index is 0.650. The molecule has 1 atom stereocenters. The van der Waals surface area contributed by atoms with Crippen LogP contribution in [-0.4, -0.2) is 23.7 Å². The molecule has 1 rings (SSSR count). The van der Waals surface area contributed by atoms with Gasteiger partial charge in [0.1, 0.15) is 5.75 Å². The first-order chi connectivity index (χ1) is 7.63. The summed E-state index contributed by atoms with van der Waals surface area (Å²) in [5.74, 6) is 0.829. The van der Waals surface area contributed by atoms with Crippen LogP contribution in [0.15, 0.2) is 29.4 Å². The van der Waals surface area contributed by atoms with Gasteiger partial charge in [0.2, 0.25) is 6.29 Å². The van der Waals surface area contributed by atoms with Gasteiger partial charge in [-0.05, 0) is 43.7 Å². The van der Waals surface area contributed by atoms with E-state index in [4.69, 9.17) is 14.7 Å². The molecular formula is C12H17NO3. The van der Waals surface area contributed by atoms with E-state index in [9.17, 15) is 0 Å². The topological polar surface area (TPSA) is 51.0 Å². The molecule has 1 N–H and O–H groups in total. The summed E-state index contributed by atoms with van der Waals surface area (Å²) < 4.78 is 5.33. The summed E-state index contributed by atoms with van der Waals surface area (Å²) in [6.07, 6.45) is -0.891. The van der Waals surface area contributed by atoms with Crippen LogP contribution in [0.25, 0.3) is 0 Å². The van der Waals surface area contributed by atoms with Crippen LogP contribution >= 0.6 is 0 Å². The van der Waals surface area contributed by atoms with E-state index < -0.39 is 6.29 Å². The Morgan fingerprint density at radius 1 is 1.38 bits per heavy atom. The number of rotatable bonds is 5. The molecule has 0 bridgehead atoms. The smallest absolute Gasteiger partial charge is 0.221 e. The van der Waals surface area contributed by atoms with E-state index in [0.717, 1.165) is 11.3 Å². The highest BCUT2D eigenvalue weighted by molar-refractivity contribution is 5.98. The van der Waals surface area contributed by atoms with E-state index in [0.29, 0.717) is 12.3 Å². The summed E-state index contributed by atoms with van der Waals surface area (Å²) >= 11 is 0. The number of nitrogens with zero attached hydrogens (tertiary/aromatic N) is 1. The molecular weight excluding hydrogens is 206 g/mol. The van der Waals surface area contributed by atoms with Gasteiger partial charge in [0.15, 0.2) is 0 Å². The van der Waals surface area contributed by atoms with Gasteiger partial charge in [0, 0.05) is 6.92 Å². The third-order valence-corrected chi connectivity index (χ3v) is 1.93. The molecule has 0 aliphatic heterocycles. The molecule has 0 amide bonds. The van der Waals surface area contributed by atoms with Gasteiger partial charge in [-0.2, -0.15) is 0 Å². The van der Waals surface area contributed by atoms with Gasteiger partial charge in [-0.15, -0.1) is 0 Å². The van der Waals surface area contributed by atoms with Gasteiger partial charge in [0.05, 0.1) is 12.3 Å². The quantitative estimate of drug-likeness (QED) is 0.473. The minimum atomic E-state index is -0.891. The normalized spacial score (nSPS) is 13.4. The molecule has 0 saturated carbocycles. The molecule has 88 valence electrons. The van der Waals surface area contributed by atoms with Crippen LogP contribution in [0, 0.1) is 0 Å². The SMILES string of the molecule is CCOc1ccc(C(C)=NOC(C)O)cc1. The molecule has 0 saturated heterocycles. The van der Waals surface area contributed by atoms with E-state index in [2.05, 4.69) is 5.16 Å². The van der Waals surface area contributed by atoms with Gasteiger partial charge >= 0.3 is 0 Å². The van der Waals surface area contributed by atoms with Crippen LogP contribution in [-0.2, 0) is 4.84 Å². The molecule has 0 aliphatic rings. The second kappa shape index (κ2) is 6.12. The molecule has 0 fully saturated rings. The molecule has 0 spiro atoms. The van der Waals surface area contributed by atoms with Gasteiger partial charge < -0.3 is 14.7 Å². The maximum Gasteiger partial charge on any atom is 0.221 e. The second-order valence-electron chi connectivity index (χ2n) is 3.34. The lowest BCUT2D eigenvalue weighted by Crippen LogP contribution is -2.04. The van der Waals surface area contributed by atoms with Crippen LogP contribution in [0.3, 0.4) is 0 Å². The molecule has 0 aromatic heterocycles. The molecule has 16 heavy (non-hydrogen) atoms. The minimum Gasteiger partial charge on any atom is -0.494 e. The number of benzene rings is 1. The molecule has 0 aliphatic carbocycles. The van der Waals surface area contributed by atoms with E-state index in [1.807, 2.05) is 38.1 Å². The summed E-state index contributed by atoms with van der Waals surface area (Å²) in [7, 11) is 0. The average Bonchev–Trinajstić information content (AvgIpc) is 2.27. The maximum absolute atomic E-state index is 8.91. The van der Waals surface area contributed by atoms with Crippen molar-refractivity contribution in [1.29, 1.82) is 0 Å². The predicted octanol–water partition coefficient (Wildman–Crippen LogP) is 2.16. The lowest BCUT2D eigenvalue weighted by molar-refractivity contribution is -0.0836. The summed E-state index contributed by atoms with van der Waals surface area (Å²) in [5.41, 5.74) is 1.65. The highest BCUT2D eigenvalue weighted by Gasteiger charge is 2.00. The first kappa shape index (κ1) is 12.5. The van der Waals surface area contributed by atoms with Gasteiger partial charge in [-0.25, -0.2) is 0 Å². The Balaban J connectivity index is 2.69. The first-order valence-corrected chi connectivity index (χ1v) is 5.25. The summed E-state index contributed by atoms with van der Waals surface area (Å²) in [4.78, 5) is 4.75. The molecule has 0 radical (unpaired) electrons. The standard InChI is InChI=1S/C12H17NO3/c1-4-15-12-7-5-11(6-8-12)9(2)13-16-10(3)14/h5-8,10,14H,4H2,1-3H3. The fourth-order valence-electron chi connectivity index (χ4n) is 1.17. The van der Waals surface area contributed by atoms with Gasteiger partial charge in [0.25, 0.3) is 0 Å². The van der Waals surface area contributed by atoms with Crippen molar-refractivity contribution in [2.75, 3.05) is 6.61 Å². The van der Waals surface area contributed by atoms with Crippen molar-refractivity contribution in [3.63, 3.8) is 0 Å². The highest BCUT2D eigenvalue weighted by Crippen LogP contribution is 2.12. The molecule has 0 heterocycles. The van der Waals surface area contributed by atoms with Crippen LogP contribution < -0.4 is 4.74 Å². The van der Waals surface area contributed by atoms with Gasteiger partial charge in [-0.1, -0.05) is 5.16 Å². The number of ether oxygens (including phenoxy) is 1. The molecule has 4 nitrogen and oxygen atoms in total. The van der Waals surface area contributed by atoms with Crippen molar-refractivity contribution in [3.8, 4) is 5.75 Å². The lowest BCUT2D eigenvalue weighted by atomic mass is 10.1. The average molecular weight is 223 g/mol. The zero-order chi connectivity index (χ0) is 12.0. The maximum atomic E-state index is 8.91. The Labute approximate surface area is 95.5 Å². The summed E-state index contributed by atoms with van der Waals surface area (Å²) in [6, 6.07) is 7.55. The van der Waals surface area contributed by atoms with Crippen molar-refractivity contribution >= 4 is 5.71 Å². The fourth-order valence-corrected chi connectivity index (χ4v) is 1.17. The van der Waals surface area contributed by atoms with Crippen LogP contribution in [0.1, 0.15) is 26.3 Å². The van der Waals surface area contributed by atoms with Crippen molar-refractivity contribution in [3.05, 3.63) is 29.8 Å². The molecule has 1 aromatic carbocycles. The van der Waals surface area contributed by atoms with E-state index in [1.165, 1.54) is 6.92 Å². The molecule has 1 aromatic rings. The Bertz CT molecular complexity index is 344. The molecule has 4 heteroatoms. The van der Waals surface area contributed by atoms with Crippen molar-refractivity contribution in [2.45, 2.75) is 27.1 Å². The first-order valence-electron chi connectivity index (χ1n) is 5.25. The number of hydrogen-bond donors (Lipinski definition) is 1. The fraction of sp³-hybridized carbons (Fsp3) is 0.417. The second-order valence-corrected chi connectivity index (χ2v) is 3.34. The van der Waals surface area contributed by atoms with Crippen LogP contribution in [0.4, 0.5) is 0 Å². The third-order valence-electron chi connectivity index (χ3n) is 1.93.